The number of ether oxygens (including phenoxy) is 1. The number of carboxylic acid groups (broad SMARTS) is 6. The molecule has 0 saturated heterocycles. The van der Waals surface area contributed by atoms with Gasteiger partial charge in [-0.1, -0.05) is 62.8 Å². The Morgan fingerprint density at radius 2 is 1.32 bits per heavy atom. The molecule has 1 aliphatic rings. The fourth-order valence-electron chi connectivity index (χ4n) is 4.80. The number of nitrogens with two attached hydrogens (primary N) is 5. The maximum Gasteiger partial charge on any atom is 0.324 e. The number of carbonyl (C=O) groups excluding carboxylic acids is 1. The number of hydrogen-bond donors (Lipinski definition) is 12. The van der Waals surface area contributed by atoms with Crippen LogP contribution in [0.1, 0.15) is 142 Å². The lowest BCUT2D eigenvalue weighted by Gasteiger charge is -2.26. The van der Waals surface area contributed by atoms with Crippen LogP contribution in [0.25, 0.3) is 0 Å². The van der Waals surface area contributed by atoms with Crippen molar-refractivity contribution in [2.45, 2.75) is 171 Å². The Balaban J connectivity index is -0.000000369. The van der Waals surface area contributed by atoms with Crippen LogP contribution in [0.4, 0.5) is 0 Å². The van der Waals surface area contributed by atoms with Gasteiger partial charge in [-0.2, -0.15) is 0 Å². The predicted octanol–water partition coefficient (Wildman–Crippen LogP) is 3.69. The average Bonchev–Trinajstić information content (AvgIpc) is 3.20. The number of carboxylic acids is 6. The van der Waals surface area contributed by atoms with Gasteiger partial charge in [-0.25, -0.2) is 0 Å². The summed E-state index contributed by atoms with van der Waals surface area (Å²) < 4.78 is 5.07. The second-order valence-corrected chi connectivity index (χ2v) is 15.0. The summed E-state index contributed by atoms with van der Waals surface area (Å²) in [7, 11) is 0. The van der Waals surface area contributed by atoms with Gasteiger partial charge in [0.2, 0.25) is 0 Å². The molecule has 360 valence electrons. The number of esters is 1. The third-order valence-electron chi connectivity index (χ3n) is 9.05. The quantitative estimate of drug-likeness (QED) is 0.0499. The Morgan fingerprint density at radius 1 is 0.823 bits per heavy atom. The molecule has 5 unspecified atom stereocenters. The van der Waals surface area contributed by atoms with Gasteiger partial charge in [0, 0.05) is 6.42 Å². The molecule has 0 amide bonds. The van der Waals surface area contributed by atoms with E-state index in [-0.39, 0.29) is 26.1 Å². The SMILES string of the molecule is C=CCCCC(C)(N)C(=O)O.C=CCCCCCCC(N)C(=O)O.CC1(C(=O)O)CCC/C=C\CCCCCCC(N)C(=O)OCN1.NC(CCC(=O)O)C(=O)O.NCC(=O)O. The Bertz CT molecular complexity index is 1330. The van der Waals surface area contributed by atoms with Crippen molar-refractivity contribution < 1.29 is 68.9 Å². The van der Waals surface area contributed by atoms with Gasteiger partial charge in [0.15, 0.2) is 0 Å². The van der Waals surface area contributed by atoms with E-state index in [4.69, 9.17) is 53.2 Å². The molecule has 0 aromatic heterocycles. The molecule has 1 aliphatic heterocycles. The van der Waals surface area contributed by atoms with Crippen molar-refractivity contribution in [3.8, 4) is 0 Å². The van der Waals surface area contributed by atoms with Crippen LogP contribution in [-0.2, 0) is 38.3 Å². The van der Waals surface area contributed by atoms with Crippen molar-refractivity contribution in [1.29, 1.82) is 0 Å². The van der Waals surface area contributed by atoms with E-state index in [9.17, 15) is 38.7 Å². The number of carbonyl (C=O) groups is 7. The summed E-state index contributed by atoms with van der Waals surface area (Å²) in [6.45, 7) is 9.90. The van der Waals surface area contributed by atoms with Crippen molar-refractivity contribution in [3.63, 3.8) is 0 Å². The minimum absolute atomic E-state index is 0.0231. The number of unbranched alkanes of at least 4 members (excludes halogenated alkanes) is 5. The average molecular weight is 891 g/mol. The fraction of sp³-hybridized carbons (Fsp3) is 0.690. The lowest BCUT2D eigenvalue weighted by atomic mass is 9.95. The molecule has 20 nitrogen and oxygen atoms in total. The van der Waals surface area contributed by atoms with Crippen LogP contribution < -0.4 is 34.0 Å². The molecule has 0 aromatic rings. The smallest absolute Gasteiger partial charge is 0.324 e. The van der Waals surface area contributed by atoms with Gasteiger partial charge in [0.05, 0.1) is 6.54 Å². The molecule has 0 saturated carbocycles. The first-order valence-electron chi connectivity index (χ1n) is 20.9. The number of rotatable bonds is 19. The largest absolute Gasteiger partial charge is 0.481 e. The zero-order chi connectivity index (χ0) is 48.6. The van der Waals surface area contributed by atoms with Crippen molar-refractivity contribution >= 4 is 41.8 Å². The zero-order valence-corrected chi connectivity index (χ0v) is 36.8. The normalized spacial score (nSPS) is 19.4. The van der Waals surface area contributed by atoms with E-state index in [0.29, 0.717) is 25.7 Å². The summed E-state index contributed by atoms with van der Waals surface area (Å²) in [5, 5.41) is 53.2. The summed E-state index contributed by atoms with van der Waals surface area (Å²) in [4.78, 5) is 73.2. The Morgan fingerprint density at radius 3 is 1.81 bits per heavy atom. The molecule has 17 N–H and O–H groups in total. The topological polar surface area (TPSA) is 392 Å². The molecule has 0 fully saturated rings. The summed E-state index contributed by atoms with van der Waals surface area (Å²) >= 11 is 0. The third kappa shape index (κ3) is 42.0. The summed E-state index contributed by atoms with van der Waals surface area (Å²) in [5.41, 5.74) is 24.0. The number of hydrogen-bond acceptors (Lipinski definition) is 14. The molecule has 0 bridgehead atoms. The van der Waals surface area contributed by atoms with E-state index in [1.807, 2.05) is 6.08 Å². The van der Waals surface area contributed by atoms with Crippen molar-refractivity contribution in [2.24, 2.45) is 28.7 Å². The molecular weight excluding hydrogens is 812 g/mol. The number of aliphatic carboxylic acids is 6. The van der Waals surface area contributed by atoms with Crippen LogP contribution >= 0.6 is 0 Å². The first-order chi connectivity index (χ1) is 28.9. The summed E-state index contributed by atoms with van der Waals surface area (Å²) in [5.74, 6) is -6.42. The van der Waals surface area contributed by atoms with Gasteiger partial charge in [-0.3, -0.25) is 38.9 Å². The molecule has 1 rings (SSSR count). The molecule has 5 atom stereocenters. The van der Waals surface area contributed by atoms with E-state index in [2.05, 4.69) is 36.4 Å². The van der Waals surface area contributed by atoms with E-state index in [0.717, 1.165) is 89.9 Å². The van der Waals surface area contributed by atoms with Crippen LogP contribution in [-0.4, -0.2) is 115 Å². The summed E-state index contributed by atoms with van der Waals surface area (Å²) in [6.07, 6.45) is 23.7. The molecule has 1 heterocycles. The van der Waals surface area contributed by atoms with Gasteiger partial charge >= 0.3 is 41.8 Å². The van der Waals surface area contributed by atoms with E-state index in [1.165, 1.54) is 6.92 Å². The van der Waals surface area contributed by atoms with Gasteiger partial charge in [0.1, 0.15) is 35.9 Å². The minimum Gasteiger partial charge on any atom is -0.481 e. The van der Waals surface area contributed by atoms with Gasteiger partial charge < -0.3 is 64.0 Å². The first kappa shape index (κ1) is 63.9. The van der Waals surface area contributed by atoms with E-state index in [1.54, 1.807) is 13.0 Å². The Kier molecular flexibility index (Phi) is 41.6. The van der Waals surface area contributed by atoms with Crippen LogP contribution in [0.3, 0.4) is 0 Å². The Hall–Kier alpha value is -4.73. The third-order valence-corrected chi connectivity index (χ3v) is 9.05. The summed E-state index contributed by atoms with van der Waals surface area (Å²) in [6, 6.07) is -2.38. The molecule has 0 spiro atoms. The lowest BCUT2D eigenvalue weighted by Crippen LogP contribution is -2.51. The van der Waals surface area contributed by atoms with Crippen LogP contribution in [0.2, 0.25) is 0 Å². The predicted molar refractivity (Wildman–Crippen MR) is 236 cm³/mol. The Labute approximate surface area is 366 Å². The van der Waals surface area contributed by atoms with Crippen molar-refractivity contribution in [3.05, 3.63) is 37.5 Å². The molecule has 0 radical (unpaired) electrons. The van der Waals surface area contributed by atoms with Crippen molar-refractivity contribution in [1.82, 2.24) is 5.32 Å². The monoisotopic (exact) mass is 891 g/mol. The van der Waals surface area contributed by atoms with Crippen LogP contribution in [0.5, 0.6) is 0 Å². The molecule has 20 heteroatoms. The molecule has 0 aromatic carbocycles. The molecule has 0 aliphatic carbocycles. The van der Waals surface area contributed by atoms with Crippen molar-refractivity contribution in [2.75, 3.05) is 13.3 Å². The standard InChI is InChI=1S/C17H30N2O4.C10H19NO2.C8H15NO2.C5H9NO4.C2H5NO2/c1-17(16(21)22)12-10-8-6-4-2-3-5-7-9-11-14(18)15(20)23-13-19-17;1-2-3-4-5-6-7-8-9(11)10(12)13;1-3-4-5-6-8(2,9)7(10)11;6-3(5(9)10)1-2-4(7)8;3-1-2(4)5/h4,6,14,19H,2-3,5,7-13,18H2,1H3,(H,21,22);2,9H,1,3-8,11H2,(H,12,13);3H,1,4-6,9H2,2H3,(H,10,11);3H,1-2,6H2,(H,7,8)(H,9,10);1,3H2,(H,4,5)/b6-4-;;;;. The number of cyclic esters (lactones) is 1. The maximum absolute atomic E-state index is 11.8. The highest BCUT2D eigenvalue weighted by molar-refractivity contribution is 5.79. The maximum atomic E-state index is 11.8. The minimum atomic E-state index is -1.17. The van der Waals surface area contributed by atoms with E-state index >= 15 is 0 Å². The van der Waals surface area contributed by atoms with Gasteiger partial charge in [0.25, 0.3) is 0 Å². The first-order valence-corrected chi connectivity index (χ1v) is 20.9. The highest BCUT2D eigenvalue weighted by Gasteiger charge is 2.32. The fourth-order valence-corrected chi connectivity index (χ4v) is 4.80. The van der Waals surface area contributed by atoms with Gasteiger partial charge in [-0.15, -0.1) is 13.2 Å². The zero-order valence-electron chi connectivity index (χ0n) is 36.8. The van der Waals surface area contributed by atoms with E-state index < -0.39 is 71.0 Å². The highest BCUT2D eigenvalue weighted by Crippen LogP contribution is 2.16. The van der Waals surface area contributed by atoms with Crippen LogP contribution in [0.15, 0.2) is 37.5 Å². The molecule has 62 heavy (non-hydrogen) atoms. The highest BCUT2D eigenvalue weighted by atomic mass is 16.5. The number of nitrogens with one attached hydrogen (secondary N) is 1. The molecular formula is C42H78N6O14. The number of allylic oxidation sites excluding steroid dienone is 4. The lowest BCUT2D eigenvalue weighted by molar-refractivity contribution is -0.151. The second-order valence-electron chi connectivity index (χ2n) is 15.0. The van der Waals surface area contributed by atoms with Gasteiger partial charge in [-0.05, 0) is 97.3 Å². The second kappa shape index (κ2) is 40.3. The van der Waals surface area contributed by atoms with Crippen LogP contribution in [0, 0.1) is 0 Å².